The maximum atomic E-state index is 11.7. The quantitative estimate of drug-likeness (QED) is 0.793. The van der Waals surface area contributed by atoms with Crippen LogP contribution in [-0.4, -0.2) is 18.9 Å². The maximum absolute atomic E-state index is 11.7. The van der Waals surface area contributed by atoms with Crippen LogP contribution >= 0.6 is 11.6 Å². The lowest BCUT2D eigenvalue weighted by molar-refractivity contribution is 0.0985. The van der Waals surface area contributed by atoms with Crippen molar-refractivity contribution >= 4 is 17.4 Å². The van der Waals surface area contributed by atoms with Gasteiger partial charge in [-0.15, -0.1) is 0 Å². The third-order valence-electron chi connectivity index (χ3n) is 2.80. The van der Waals surface area contributed by atoms with E-state index in [2.05, 4.69) is 0 Å². The lowest BCUT2D eigenvalue weighted by atomic mass is 10.1. The molecule has 17 heavy (non-hydrogen) atoms. The molecule has 2 N–H and O–H groups in total. The van der Waals surface area contributed by atoms with Crippen molar-refractivity contribution in [2.75, 3.05) is 13.2 Å². The van der Waals surface area contributed by atoms with Crippen molar-refractivity contribution in [3.05, 3.63) is 28.8 Å². The number of carbonyl (C=O) groups is 1. The van der Waals surface area contributed by atoms with Crippen LogP contribution in [0, 0.1) is 5.92 Å². The molecule has 3 nitrogen and oxygen atoms in total. The van der Waals surface area contributed by atoms with Gasteiger partial charge in [0.2, 0.25) is 0 Å². The van der Waals surface area contributed by atoms with Crippen molar-refractivity contribution in [1.82, 2.24) is 0 Å². The molecule has 1 fully saturated rings. The number of nitrogens with two attached hydrogens (primary N) is 1. The van der Waals surface area contributed by atoms with E-state index in [4.69, 9.17) is 22.1 Å². The lowest BCUT2D eigenvalue weighted by Crippen LogP contribution is -2.08. The first-order valence-electron chi connectivity index (χ1n) is 5.86. The Morgan fingerprint density at radius 3 is 2.88 bits per heavy atom. The molecular weight excluding hydrogens is 238 g/mol. The van der Waals surface area contributed by atoms with Gasteiger partial charge in [0, 0.05) is 12.0 Å². The van der Waals surface area contributed by atoms with Crippen LogP contribution in [0.4, 0.5) is 0 Å². The van der Waals surface area contributed by atoms with Crippen LogP contribution in [-0.2, 0) is 0 Å². The van der Waals surface area contributed by atoms with E-state index in [-0.39, 0.29) is 5.78 Å². The fourth-order valence-corrected chi connectivity index (χ4v) is 1.73. The number of halogens is 1. The van der Waals surface area contributed by atoms with Gasteiger partial charge in [-0.05, 0) is 43.5 Å². The fraction of sp³-hybridized carbons (Fsp3) is 0.462. The van der Waals surface area contributed by atoms with E-state index in [1.54, 1.807) is 18.2 Å². The summed E-state index contributed by atoms with van der Waals surface area (Å²) < 4.78 is 5.61. The summed E-state index contributed by atoms with van der Waals surface area (Å²) in [4.78, 5) is 11.7. The molecule has 0 heterocycles. The Hall–Kier alpha value is -1.06. The maximum Gasteiger partial charge on any atom is 0.164 e. The molecule has 0 atom stereocenters. The van der Waals surface area contributed by atoms with E-state index in [0.717, 1.165) is 0 Å². The molecule has 1 aliphatic rings. The number of benzene rings is 1. The fourth-order valence-electron chi connectivity index (χ4n) is 1.55. The molecule has 1 saturated carbocycles. The van der Waals surface area contributed by atoms with Gasteiger partial charge in [0.15, 0.2) is 5.78 Å². The van der Waals surface area contributed by atoms with Crippen molar-refractivity contribution in [3.63, 3.8) is 0 Å². The van der Waals surface area contributed by atoms with E-state index < -0.39 is 0 Å². The Morgan fingerprint density at radius 1 is 1.47 bits per heavy atom. The van der Waals surface area contributed by atoms with Crippen LogP contribution < -0.4 is 10.5 Å². The number of rotatable bonds is 6. The number of hydrogen-bond donors (Lipinski definition) is 1. The first-order chi connectivity index (χ1) is 8.20. The van der Waals surface area contributed by atoms with Crippen LogP contribution in [0.3, 0.4) is 0 Å². The number of ether oxygens (including phenoxy) is 1. The van der Waals surface area contributed by atoms with E-state index in [1.165, 1.54) is 12.8 Å². The van der Waals surface area contributed by atoms with Crippen molar-refractivity contribution in [2.24, 2.45) is 11.7 Å². The van der Waals surface area contributed by atoms with Gasteiger partial charge in [-0.2, -0.15) is 0 Å². The molecule has 0 bridgehead atoms. The zero-order chi connectivity index (χ0) is 12.3. The molecule has 0 amide bonds. The second-order valence-electron chi connectivity index (χ2n) is 4.36. The smallest absolute Gasteiger partial charge is 0.164 e. The summed E-state index contributed by atoms with van der Waals surface area (Å²) in [5, 5.41) is 0.551. The zero-order valence-electron chi connectivity index (χ0n) is 9.62. The minimum atomic E-state index is 0.0282. The summed E-state index contributed by atoms with van der Waals surface area (Å²) in [6.45, 7) is 1.05. The van der Waals surface area contributed by atoms with Gasteiger partial charge in [0.05, 0.1) is 11.6 Å². The third kappa shape index (κ3) is 3.45. The topological polar surface area (TPSA) is 52.3 Å². The molecule has 1 aromatic rings. The third-order valence-corrected chi connectivity index (χ3v) is 3.11. The summed E-state index contributed by atoms with van der Waals surface area (Å²) >= 11 is 6.02. The van der Waals surface area contributed by atoms with E-state index in [1.807, 2.05) is 0 Å². The molecule has 0 spiro atoms. The van der Waals surface area contributed by atoms with Crippen molar-refractivity contribution in [3.8, 4) is 5.75 Å². The van der Waals surface area contributed by atoms with Gasteiger partial charge >= 0.3 is 0 Å². The summed E-state index contributed by atoms with van der Waals surface area (Å²) in [7, 11) is 0. The zero-order valence-corrected chi connectivity index (χ0v) is 10.4. The highest BCUT2D eigenvalue weighted by Crippen LogP contribution is 2.32. The van der Waals surface area contributed by atoms with Gasteiger partial charge in [-0.25, -0.2) is 0 Å². The van der Waals surface area contributed by atoms with Crippen molar-refractivity contribution < 1.29 is 9.53 Å². The van der Waals surface area contributed by atoms with Gasteiger partial charge in [-0.1, -0.05) is 11.6 Å². The Balaban J connectivity index is 2.07. The average molecular weight is 254 g/mol. The second kappa shape index (κ2) is 5.52. The minimum absolute atomic E-state index is 0.0282. The molecule has 92 valence electrons. The molecule has 0 aliphatic heterocycles. The van der Waals surface area contributed by atoms with Crippen molar-refractivity contribution in [2.45, 2.75) is 19.3 Å². The van der Waals surface area contributed by atoms with Gasteiger partial charge in [0.25, 0.3) is 0 Å². The molecule has 0 aromatic heterocycles. The first-order valence-corrected chi connectivity index (χ1v) is 6.24. The standard InChI is InChI=1S/C13H16ClNO2/c14-11-4-3-10(12(16)5-6-15)7-13(11)17-8-9-1-2-9/h3-4,7,9H,1-2,5-6,8,15H2. The molecule has 1 aliphatic carbocycles. The monoisotopic (exact) mass is 253 g/mol. The Kier molecular flexibility index (Phi) is 4.02. The van der Waals surface area contributed by atoms with Gasteiger partial charge < -0.3 is 10.5 Å². The summed E-state index contributed by atoms with van der Waals surface area (Å²) in [6.07, 6.45) is 2.80. The van der Waals surface area contributed by atoms with Crippen LogP contribution in [0.5, 0.6) is 5.75 Å². The summed E-state index contributed by atoms with van der Waals surface area (Å²) in [6, 6.07) is 5.13. The number of ketones is 1. The lowest BCUT2D eigenvalue weighted by Gasteiger charge is -2.09. The van der Waals surface area contributed by atoms with Crippen molar-refractivity contribution in [1.29, 1.82) is 0 Å². The van der Waals surface area contributed by atoms with E-state index >= 15 is 0 Å². The number of Topliss-reactive ketones (excluding diaryl/α,β-unsaturated/α-hetero) is 1. The normalized spacial score (nSPS) is 14.7. The van der Waals surface area contributed by atoms with Gasteiger partial charge in [0.1, 0.15) is 5.75 Å². The second-order valence-corrected chi connectivity index (χ2v) is 4.77. The number of hydrogen-bond acceptors (Lipinski definition) is 3. The summed E-state index contributed by atoms with van der Waals surface area (Å²) in [5.74, 6) is 1.29. The molecule has 0 radical (unpaired) electrons. The first kappa shape index (κ1) is 12.4. The Bertz CT molecular complexity index is 416. The molecule has 1 aromatic carbocycles. The molecule has 4 heteroatoms. The molecule has 0 unspecified atom stereocenters. The van der Waals surface area contributed by atoms with Crippen LogP contribution in [0.15, 0.2) is 18.2 Å². The predicted octanol–water partition coefficient (Wildman–Crippen LogP) is 2.66. The molecule has 2 rings (SSSR count). The van der Waals surface area contributed by atoms with E-state index in [0.29, 0.717) is 41.8 Å². The number of carbonyl (C=O) groups excluding carboxylic acids is 1. The molecule has 0 saturated heterocycles. The van der Waals surface area contributed by atoms with Crippen LogP contribution in [0.2, 0.25) is 5.02 Å². The minimum Gasteiger partial charge on any atom is -0.492 e. The highest BCUT2D eigenvalue weighted by molar-refractivity contribution is 6.32. The van der Waals surface area contributed by atoms with Crippen LogP contribution in [0.25, 0.3) is 0 Å². The predicted molar refractivity (Wildman–Crippen MR) is 67.7 cm³/mol. The highest BCUT2D eigenvalue weighted by atomic mass is 35.5. The van der Waals surface area contributed by atoms with Gasteiger partial charge in [-0.3, -0.25) is 4.79 Å². The highest BCUT2D eigenvalue weighted by Gasteiger charge is 2.22. The Labute approximate surface area is 106 Å². The Morgan fingerprint density at radius 2 is 2.24 bits per heavy atom. The molecular formula is C13H16ClNO2. The summed E-state index contributed by atoms with van der Waals surface area (Å²) in [5.41, 5.74) is 5.98. The van der Waals surface area contributed by atoms with E-state index in [9.17, 15) is 4.79 Å². The average Bonchev–Trinajstić information content (AvgIpc) is 3.12. The largest absolute Gasteiger partial charge is 0.492 e. The SMILES string of the molecule is NCCC(=O)c1ccc(Cl)c(OCC2CC2)c1. The van der Waals surface area contributed by atoms with Crippen LogP contribution in [0.1, 0.15) is 29.6 Å².